The Kier molecular flexibility index (Phi) is 5.88. The second-order valence-corrected chi connectivity index (χ2v) is 7.50. The summed E-state index contributed by atoms with van der Waals surface area (Å²) >= 11 is 0. The minimum absolute atomic E-state index is 0.167. The monoisotopic (exact) mass is 313 g/mol. The molecule has 0 aromatic heterocycles. The zero-order chi connectivity index (χ0) is 16.1. The zero-order valence-corrected chi connectivity index (χ0v) is 13.5. The lowest BCUT2D eigenvalue weighted by atomic mass is 9.90. The van der Waals surface area contributed by atoms with Gasteiger partial charge in [-0.15, -0.1) is 0 Å². The quantitative estimate of drug-likeness (QED) is 0.706. The maximum Gasteiger partial charge on any atom is 0.240 e. The average Bonchev–Trinajstić information content (AvgIpc) is 2.37. The topological polar surface area (TPSA) is 101 Å². The molecule has 4 N–H and O–H groups in total. The fourth-order valence-electron chi connectivity index (χ4n) is 1.77. The average molecular weight is 313 g/mol. The highest BCUT2D eigenvalue weighted by Gasteiger charge is 2.21. The lowest BCUT2D eigenvalue weighted by molar-refractivity contribution is -0.114. The van der Waals surface area contributed by atoms with Gasteiger partial charge in [-0.1, -0.05) is 13.8 Å². The second-order valence-electron chi connectivity index (χ2n) is 5.73. The molecule has 0 saturated heterocycles. The number of benzene rings is 1. The van der Waals surface area contributed by atoms with Gasteiger partial charge in [-0.25, -0.2) is 13.1 Å². The van der Waals surface area contributed by atoms with Crippen molar-refractivity contribution in [1.29, 1.82) is 0 Å². The normalized spacial score (nSPS) is 12.2. The van der Waals surface area contributed by atoms with Crippen LogP contribution in [0.3, 0.4) is 0 Å². The molecule has 6 nitrogen and oxygen atoms in total. The van der Waals surface area contributed by atoms with Gasteiger partial charge in [0.25, 0.3) is 0 Å². The van der Waals surface area contributed by atoms with Gasteiger partial charge in [-0.3, -0.25) is 4.79 Å². The van der Waals surface area contributed by atoms with E-state index in [1.807, 2.05) is 13.8 Å². The molecule has 0 atom stereocenters. The smallest absolute Gasteiger partial charge is 0.240 e. The highest BCUT2D eigenvalue weighted by atomic mass is 32.2. The third-order valence-electron chi connectivity index (χ3n) is 3.05. The van der Waals surface area contributed by atoms with E-state index in [0.717, 1.165) is 6.42 Å². The summed E-state index contributed by atoms with van der Waals surface area (Å²) in [5.41, 5.74) is 5.87. The summed E-state index contributed by atoms with van der Waals surface area (Å²) < 4.78 is 27.0. The first-order chi connectivity index (χ1) is 9.66. The number of rotatable bonds is 7. The Labute approximate surface area is 126 Å². The SMILES string of the molecule is CC(=O)Nc1ccc(S(=O)(=O)NCC(C)(C)CCN)cc1. The minimum atomic E-state index is -3.56. The van der Waals surface area contributed by atoms with Crippen molar-refractivity contribution in [1.82, 2.24) is 4.72 Å². The summed E-state index contributed by atoms with van der Waals surface area (Å²) in [7, 11) is -3.56. The van der Waals surface area contributed by atoms with Crippen LogP contribution in [0.2, 0.25) is 0 Å². The van der Waals surface area contributed by atoms with Crippen molar-refractivity contribution in [2.75, 3.05) is 18.4 Å². The Morgan fingerprint density at radius 1 is 1.24 bits per heavy atom. The molecule has 21 heavy (non-hydrogen) atoms. The van der Waals surface area contributed by atoms with Crippen LogP contribution in [0, 0.1) is 5.41 Å². The number of carbonyl (C=O) groups excluding carboxylic acids is 1. The molecule has 1 aromatic rings. The van der Waals surface area contributed by atoms with Crippen LogP contribution in [0.1, 0.15) is 27.2 Å². The van der Waals surface area contributed by atoms with Gasteiger partial charge in [-0.05, 0) is 42.6 Å². The van der Waals surface area contributed by atoms with Gasteiger partial charge < -0.3 is 11.1 Å². The molecule has 0 radical (unpaired) electrons. The molecule has 0 spiro atoms. The number of anilines is 1. The fourth-order valence-corrected chi connectivity index (χ4v) is 3.02. The Bertz CT molecular complexity index is 580. The van der Waals surface area contributed by atoms with E-state index in [1.165, 1.54) is 19.1 Å². The number of nitrogens with one attached hydrogen (secondary N) is 2. The molecule has 1 rings (SSSR count). The van der Waals surface area contributed by atoms with Crippen molar-refractivity contribution >= 4 is 21.6 Å². The number of hydrogen-bond acceptors (Lipinski definition) is 4. The number of sulfonamides is 1. The van der Waals surface area contributed by atoms with Crippen molar-refractivity contribution < 1.29 is 13.2 Å². The number of nitrogens with two attached hydrogens (primary N) is 1. The molecule has 0 saturated carbocycles. The molecule has 1 amide bonds. The predicted octanol–water partition coefficient (Wildman–Crippen LogP) is 1.30. The first-order valence-corrected chi connectivity index (χ1v) is 8.22. The van der Waals surface area contributed by atoms with E-state index in [9.17, 15) is 13.2 Å². The van der Waals surface area contributed by atoms with Crippen LogP contribution in [0.4, 0.5) is 5.69 Å². The molecule has 0 bridgehead atoms. The van der Waals surface area contributed by atoms with E-state index >= 15 is 0 Å². The van der Waals surface area contributed by atoms with Crippen LogP contribution in [-0.4, -0.2) is 27.4 Å². The fraction of sp³-hybridized carbons (Fsp3) is 0.500. The zero-order valence-electron chi connectivity index (χ0n) is 12.6. The molecular weight excluding hydrogens is 290 g/mol. The molecule has 118 valence electrons. The maximum atomic E-state index is 12.2. The van der Waals surface area contributed by atoms with Crippen molar-refractivity contribution in [3.8, 4) is 0 Å². The Hall–Kier alpha value is -1.44. The third kappa shape index (κ3) is 5.82. The van der Waals surface area contributed by atoms with Crippen LogP contribution in [0.15, 0.2) is 29.2 Å². The highest BCUT2D eigenvalue weighted by molar-refractivity contribution is 7.89. The van der Waals surface area contributed by atoms with E-state index < -0.39 is 10.0 Å². The summed E-state index contributed by atoms with van der Waals surface area (Å²) in [6, 6.07) is 6.04. The molecule has 0 aliphatic carbocycles. The van der Waals surface area contributed by atoms with Gasteiger partial charge in [0.2, 0.25) is 15.9 Å². The van der Waals surface area contributed by atoms with Crippen molar-refractivity contribution in [2.24, 2.45) is 11.1 Å². The highest BCUT2D eigenvalue weighted by Crippen LogP contribution is 2.20. The van der Waals surface area contributed by atoms with Crippen LogP contribution < -0.4 is 15.8 Å². The minimum Gasteiger partial charge on any atom is -0.330 e. The molecule has 0 fully saturated rings. The van der Waals surface area contributed by atoms with Crippen LogP contribution in [0.25, 0.3) is 0 Å². The van der Waals surface area contributed by atoms with E-state index in [1.54, 1.807) is 12.1 Å². The van der Waals surface area contributed by atoms with Gasteiger partial charge in [-0.2, -0.15) is 0 Å². The molecular formula is C14H23N3O3S. The number of amides is 1. The Morgan fingerprint density at radius 3 is 2.29 bits per heavy atom. The van der Waals surface area contributed by atoms with Gasteiger partial charge in [0.1, 0.15) is 0 Å². The van der Waals surface area contributed by atoms with Crippen molar-refractivity contribution in [3.05, 3.63) is 24.3 Å². The van der Waals surface area contributed by atoms with Gasteiger partial charge in [0.05, 0.1) is 4.90 Å². The predicted molar refractivity (Wildman–Crippen MR) is 83.4 cm³/mol. The standard InChI is InChI=1S/C14H23N3O3S/c1-11(18)17-12-4-6-13(7-5-12)21(19,20)16-10-14(2,3)8-9-15/h4-7,16H,8-10,15H2,1-3H3,(H,17,18). The number of hydrogen-bond donors (Lipinski definition) is 3. The molecule has 0 aliphatic rings. The molecule has 0 heterocycles. The van der Waals surface area contributed by atoms with Gasteiger partial charge in [0.15, 0.2) is 0 Å². The van der Waals surface area contributed by atoms with Crippen LogP contribution in [0.5, 0.6) is 0 Å². The van der Waals surface area contributed by atoms with Crippen LogP contribution >= 0.6 is 0 Å². The van der Waals surface area contributed by atoms with E-state index in [0.29, 0.717) is 18.8 Å². The molecule has 0 aliphatic heterocycles. The van der Waals surface area contributed by atoms with Crippen molar-refractivity contribution in [2.45, 2.75) is 32.1 Å². The van der Waals surface area contributed by atoms with Crippen molar-refractivity contribution in [3.63, 3.8) is 0 Å². The summed E-state index contributed by atoms with van der Waals surface area (Å²) in [6.45, 7) is 6.15. The van der Waals surface area contributed by atoms with E-state index in [-0.39, 0.29) is 16.2 Å². The largest absolute Gasteiger partial charge is 0.330 e. The first kappa shape index (κ1) is 17.6. The molecule has 0 unspecified atom stereocenters. The summed E-state index contributed by atoms with van der Waals surface area (Å²) in [5, 5.41) is 2.59. The summed E-state index contributed by atoms with van der Waals surface area (Å²) in [4.78, 5) is 11.1. The lowest BCUT2D eigenvalue weighted by Crippen LogP contribution is -2.35. The third-order valence-corrected chi connectivity index (χ3v) is 4.46. The Balaban J connectivity index is 2.76. The second kappa shape index (κ2) is 7.02. The summed E-state index contributed by atoms with van der Waals surface area (Å²) in [5.74, 6) is -0.202. The van der Waals surface area contributed by atoms with E-state index in [4.69, 9.17) is 5.73 Å². The van der Waals surface area contributed by atoms with E-state index in [2.05, 4.69) is 10.0 Å². The first-order valence-electron chi connectivity index (χ1n) is 6.74. The molecule has 7 heteroatoms. The lowest BCUT2D eigenvalue weighted by Gasteiger charge is -2.24. The summed E-state index contributed by atoms with van der Waals surface area (Å²) in [6.07, 6.45) is 0.733. The maximum absolute atomic E-state index is 12.2. The number of carbonyl (C=O) groups is 1. The van der Waals surface area contributed by atoms with Gasteiger partial charge in [0, 0.05) is 19.2 Å². The van der Waals surface area contributed by atoms with Crippen LogP contribution in [-0.2, 0) is 14.8 Å². The van der Waals surface area contributed by atoms with Gasteiger partial charge >= 0.3 is 0 Å². The Morgan fingerprint density at radius 2 is 1.81 bits per heavy atom. The molecule has 1 aromatic carbocycles.